The third kappa shape index (κ3) is 3.95. The molecule has 0 aliphatic carbocycles. The Labute approximate surface area is 160 Å². The maximum absolute atomic E-state index is 9.81. The third-order valence-electron chi connectivity index (χ3n) is 3.85. The van der Waals surface area contributed by atoms with Crippen molar-refractivity contribution in [1.29, 1.82) is 0 Å². The second-order valence-electron chi connectivity index (χ2n) is 5.72. The molecule has 0 spiro atoms. The molecule has 128 valence electrons. The summed E-state index contributed by atoms with van der Waals surface area (Å²) in [6, 6.07) is 23.6. The average molecular weight is 377 g/mol. The molecule has 0 fully saturated rings. The largest absolute Gasteiger partial charge is 0.507 e. The van der Waals surface area contributed by atoms with E-state index in [1.165, 1.54) is 5.56 Å². The molecule has 0 aliphatic rings. The van der Waals surface area contributed by atoms with Gasteiger partial charge in [0.2, 0.25) is 0 Å². The Morgan fingerprint density at radius 2 is 1.81 bits per heavy atom. The summed E-state index contributed by atoms with van der Waals surface area (Å²) in [5.74, 6) is 1.15. The SMILES string of the molecule is Oc1ccccc1C=Nc1ccc2nc(SCc3ccccc3)sc2c1. The molecule has 0 atom stereocenters. The maximum atomic E-state index is 9.81. The van der Waals surface area contributed by atoms with Crippen LogP contribution in [0.15, 0.2) is 82.1 Å². The summed E-state index contributed by atoms with van der Waals surface area (Å²) >= 11 is 3.44. The number of fused-ring (bicyclic) bond motifs is 1. The molecule has 0 radical (unpaired) electrons. The fraction of sp³-hybridized carbons (Fsp3) is 0.0476. The van der Waals surface area contributed by atoms with Crippen molar-refractivity contribution in [3.8, 4) is 5.75 Å². The van der Waals surface area contributed by atoms with Gasteiger partial charge in [0.15, 0.2) is 4.34 Å². The molecular formula is C21H16N2OS2. The first-order valence-electron chi connectivity index (χ1n) is 8.17. The van der Waals surface area contributed by atoms with Gasteiger partial charge in [-0.3, -0.25) is 4.99 Å². The number of aromatic nitrogens is 1. The molecule has 1 N–H and O–H groups in total. The van der Waals surface area contributed by atoms with Gasteiger partial charge in [-0.05, 0) is 35.9 Å². The van der Waals surface area contributed by atoms with Gasteiger partial charge in [0.05, 0.1) is 15.9 Å². The van der Waals surface area contributed by atoms with E-state index in [2.05, 4.69) is 29.3 Å². The van der Waals surface area contributed by atoms with Crippen molar-refractivity contribution < 1.29 is 5.11 Å². The van der Waals surface area contributed by atoms with Gasteiger partial charge in [-0.25, -0.2) is 4.98 Å². The van der Waals surface area contributed by atoms with Crippen molar-refractivity contribution in [2.75, 3.05) is 0 Å². The number of para-hydroxylation sites is 1. The highest BCUT2D eigenvalue weighted by Crippen LogP contribution is 2.33. The van der Waals surface area contributed by atoms with Gasteiger partial charge in [-0.2, -0.15) is 0 Å². The van der Waals surface area contributed by atoms with Crippen LogP contribution in [-0.2, 0) is 5.75 Å². The van der Waals surface area contributed by atoms with Gasteiger partial charge in [-0.15, -0.1) is 11.3 Å². The molecule has 1 heterocycles. The van der Waals surface area contributed by atoms with Crippen LogP contribution in [0.1, 0.15) is 11.1 Å². The molecule has 5 heteroatoms. The summed E-state index contributed by atoms with van der Waals surface area (Å²) in [7, 11) is 0. The fourth-order valence-electron chi connectivity index (χ4n) is 2.49. The predicted molar refractivity (Wildman–Crippen MR) is 111 cm³/mol. The number of hydrogen-bond donors (Lipinski definition) is 1. The number of phenolic OH excluding ortho intramolecular Hbond substituents is 1. The first kappa shape index (κ1) is 16.8. The van der Waals surface area contributed by atoms with E-state index < -0.39 is 0 Å². The third-order valence-corrected chi connectivity index (χ3v) is 6.08. The highest BCUT2D eigenvalue weighted by Gasteiger charge is 2.06. The molecule has 3 nitrogen and oxygen atoms in total. The highest BCUT2D eigenvalue weighted by atomic mass is 32.2. The Morgan fingerprint density at radius 3 is 2.65 bits per heavy atom. The van der Waals surface area contributed by atoms with Crippen LogP contribution in [-0.4, -0.2) is 16.3 Å². The molecule has 0 aliphatic heterocycles. The van der Waals surface area contributed by atoms with Crippen LogP contribution < -0.4 is 0 Å². The number of rotatable bonds is 5. The van der Waals surface area contributed by atoms with Crippen LogP contribution >= 0.6 is 23.1 Å². The van der Waals surface area contributed by atoms with E-state index in [0.717, 1.165) is 26.0 Å². The molecule has 0 saturated heterocycles. The lowest BCUT2D eigenvalue weighted by Crippen LogP contribution is -1.80. The maximum Gasteiger partial charge on any atom is 0.151 e. The van der Waals surface area contributed by atoms with Crippen molar-refractivity contribution in [3.63, 3.8) is 0 Å². The average Bonchev–Trinajstić information content (AvgIpc) is 3.09. The molecule has 0 saturated carbocycles. The lowest BCUT2D eigenvalue weighted by atomic mass is 10.2. The Morgan fingerprint density at radius 1 is 1.00 bits per heavy atom. The van der Waals surface area contributed by atoms with Crippen LogP contribution in [0.5, 0.6) is 5.75 Å². The van der Waals surface area contributed by atoms with Crippen LogP contribution in [0.2, 0.25) is 0 Å². The second kappa shape index (κ2) is 7.72. The smallest absolute Gasteiger partial charge is 0.151 e. The number of aliphatic imine (C=N–C) groups is 1. The lowest BCUT2D eigenvalue weighted by molar-refractivity contribution is 0.474. The summed E-state index contributed by atoms with van der Waals surface area (Å²) in [4.78, 5) is 9.17. The van der Waals surface area contributed by atoms with Crippen molar-refractivity contribution in [1.82, 2.24) is 4.98 Å². The first-order valence-corrected chi connectivity index (χ1v) is 9.97. The van der Waals surface area contributed by atoms with Gasteiger partial charge >= 0.3 is 0 Å². The summed E-state index contributed by atoms with van der Waals surface area (Å²) in [5, 5.41) is 9.81. The number of benzene rings is 3. The number of aromatic hydroxyl groups is 1. The molecule has 3 aromatic carbocycles. The van der Waals surface area contributed by atoms with E-state index in [-0.39, 0.29) is 5.75 Å². The Balaban J connectivity index is 1.51. The zero-order valence-electron chi connectivity index (χ0n) is 13.9. The van der Waals surface area contributed by atoms with Gasteiger partial charge < -0.3 is 5.11 Å². The van der Waals surface area contributed by atoms with E-state index in [0.29, 0.717) is 5.56 Å². The summed E-state index contributed by atoms with van der Waals surface area (Å²) in [6.07, 6.45) is 1.68. The van der Waals surface area contributed by atoms with E-state index in [9.17, 15) is 5.11 Å². The molecule has 4 rings (SSSR count). The van der Waals surface area contributed by atoms with Crippen molar-refractivity contribution in [2.24, 2.45) is 4.99 Å². The molecule has 1 aromatic heterocycles. The molecular weight excluding hydrogens is 360 g/mol. The number of hydrogen-bond acceptors (Lipinski definition) is 5. The minimum atomic E-state index is 0.231. The van der Waals surface area contributed by atoms with Crippen LogP contribution in [0.3, 0.4) is 0 Å². The predicted octanol–water partition coefficient (Wildman–Crippen LogP) is 6.04. The fourth-order valence-corrected chi connectivity index (χ4v) is 4.55. The van der Waals surface area contributed by atoms with Crippen LogP contribution in [0, 0.1) is 0 Å². The Kier molecular flexibility index (Phi) is 5.00. The highest BCUT2D eigenvalue weighted by molar-refractivity contribution is 8.00. The zero-order valence-corrected chi connectivity index (χ0v) is 15.5. The molecule has 26 heavy (non-hydrogen) atoms. The first-order chi connectivity index (χ1) is 12.8. The quantitative estimate of drug-likeness (QED) is 0.341. The van der Waals surface area contributed by atoms with Crippen molar-refractivity contribution >= 4 is 45.2 Å². The molecule has 0 amide bonds. The summed E-state index contributed by atoms with van der Waals surface area (Å²) in [6.45, 7) is 0. The summed E-state index contributed by atoms with van der Waals surface area (Å²) < 4.78 is 2.18. The normalized spacial score (nSPS) is 11.4. The van der Waals surface area contributed by atoms with Crippen molar-refractivity contribution in [2.45, 2.75) is 10.1 Å². The van der Waals surface area contributed by atoms with Gasteiger partial charge in [0.1, 0.15) is 5.75 Å². The van der Waals surface area contributed by atoms with E-state index in [4.69, 9.17) is 4.98 Å². The minimum Gasteiger partial charge on any atom is -0.507 e. The number of thioether (sulfide) groups is 1. The summed E-state index contributed by atoms with van der Waals surface area (Å²) in [5.41, 5.74) is 3.84. The van der Waals surface area contributed by atoms with E-state index in [1.54, 1.807) is 41.4 Å². The zero-order chi connectivity index (χ0) is 17.8. The number of nitrogens with zero attached hydrogens (tertiary/aromatic N) is 2. The topological polar surface area (TPSA) is 45.5 Å². The van der Waals surface area contributed by atoms with Crippen molar-refractivity contribution in [3.05, 3.63) is 83.9 Å². The second-order valence-corrected chi connectivity index (χ2v) is 7.98. The van der Waals surface area contributed by atoms with Gasteiger partial charge in [0, 0.05) is 17.5 Å². The Bertz CT molecular complexity index is 1060. The molecule has 0 bridgehead atoms. The number of phenols is 1. The number of thiazole rings is 1. The monoisotopic (exact) mass is 376 g/mol. The lowest BCUT2D eigenvalue weighted by Gasteiger charge is -1.97. The molecule has 4 aromatic rings. The van der Waals surface area contributed by atoms with Crippen LogP contribution in [0.4, 0.5) is 5.69 Å². The van der Waals surface area contributed by atoms with Crippen LogP contribution in [0.25, 0.3) is 10.2 Å². The molecule has 0 unspecified atom stereocenters. The standard InChI is InChI=1S/C21H16N2OS2/c24-19-9-5-4-8-16(19)13-22-17-10-11-18-20(12-17)26-21(23-18)25-14-15-6-2-1-3-7-15/h1-13,24H,14H2. The van der Waals surface area contributed by atoms with E-state index in [1.807, 2.05) is 36.4 Å². The Hall–Kier alpha value is -2.63. The van der Waals surface area contributed by atoms with Gasteiger partial charge in [0.25, 0.3) is 0 Å². The van der Waals surface area contributed by atoms with E-state index >= 15 is 0 Å². The minimum absolute atomic E-state index is 0.231. The van der Waals surface area contributed by atoms with Gasteiger partial charge in [-0.1, -0.05) is 54.2 Å².